The summed E-state index contributed by atoms with van der Waals surface area (Å²) >= 11 is 0. The zero-order valence-electron chi connectivity index (χ0n) is 8.54. The summed E-state index contributed by atoms with van der Waals surface area (Å²) in [6, 6.07) is 0. The van der Waals surface area contributed by atoms with E-state index in [1.165, 1.54) is 0 Å². The van der Waals surface area contributed by atoms with Crippen LogP contribution in [0.3, 0.4) is 0 Å². The molecule has 6 heteroatoms. The molecule has 3 rings (SSSR count). The monoisotopic (exact) mass is 214 g/mol. The number of hydrogen-bond donors (Lipinski definition) is 1. The van der Waals surface area contributed by atoms with Crippen LogP contribution in [-0.4, -0.2) is 24.9 Å². The summed E-state index contributed by atoms with van der Waals surface area (Å²) in [5.41, 5.74) is 6.28. The molecule has 2 aromatic heterocycles. The third kappa shape index (κ3) is 1.69. The molecule has 2 N–H and O–H groups in total. The van der Waals surface area contributed by atoms with Crippen LogP contribution in [0.1, 0.15) is 24.6 Å². The second kappa shape index (κ2) is 3.48. The van der Waals surface area contributed by atoms with Gasteiger partial charge in [0.05, 0.1) is 6.20 Å². The first-order valence-electron chi connectivity index (χ1n) is 5.11. The average molecular weight is 214 g/mol. The molecule has 1 saturated carbocycles. The van der Waals surface area contributed by atoms with Crippen molar-refractivity contribution < 1.29 is 0 Å². The van der Waals surface area contributed by atoms with Gasteiger partial charge in [0, 0.05) is 18.3 Å². The summed E-state index contributed by atoms with van der Waals surface area (Å²) in [5.74, 6) is 1.97. The maximum Gasteiger partial charge on any atom is 0.223 e. The van der Waals surface area contributed by atoms with Gasteiger partial charge in [-0.2, -0.15) is 9.97 Å². The van der Waals surface area contributed by atoms with Gasteiger partial charge in [-0.05, 0) is 12.8 Å². The summed E-state index contributed by atoms with van der Waals surface area (Å²) in [4.78, 5) is 20.7. The number of nitrogens with zero attached hydrogens (tertiary/aromatic N) is 5. The van der Waals surface area contributed by atoms with Crippen LogP contribution in [0.15, 0.2) is 18.6 Å². The van der Waals surface area contributed by atoms with E-state index in [0.29, 0.717) is 17.4 Å². The van der Waals surface area contributed by atoms with Crippen molar-refractivity contribution in [2.24, 2.45) is 0 Å². The van der Waals surface area contributed by atoms with E-state index in [-0.39, 0.29) is 5.95 Å². The Morgan fingerprint density at radius 1 is 1.12 bits per heavy atom. The highest BCUT2D eigenvalue weighted by Crippen LogP contribution is 2.38. The molecule has 80 valence electrons. The Morgan fingerprint density at radius 3 is 2.69 bits per heavy atom. The summed E-state index contributed by atoms with van der Waals surface area (Å²) < 4.78 is 0. The lowest BCUT2D eigenvalue weighted by molar-refractivity contribution is 0.897. The van der Waals surface area contributed by atoms with Crippen molar-refractivity contribution in [1.82, 2.24) is 24.9 Å². The minimum atomic E-state index is 0.248. The van der Waals surface area contributed by atoms with Gasteiger partial charge >= 0.3 is 0 Å². The summed E-state index contributed by atoms with van der Waals surface area (Å²) in [6.07, 6.45) is 7.08. The van der Waals surface area contributed by atoms with Crippen LogP contribution in [0, 0.1) is 0 Å². The SMILES string of the molecule is Nc1nc(-c2cnccn2)nc(C2CC2)n1. The fraction of sp³-hybridized carbons (Fsp3) is 0.300. The Morgan fingerprint density at radius 2 is 2.00 bits per heavy atom. The second-order valence-electron chi connectivity index (χ2n) is 3.74. The maximum atomic E-state index is 5.65. The Bertz CT molecular complexity index is 508. The highest BCUT2D eigenvalue weighted by Gasteiger charge is 2.27. The van der Waals surface area contributed by atoms with Crippen LogP contribution >= 0.6 is 0 Å². The first kappa shape index (κ1) is 9.14. The van der Waals surface area contributed by atoms with E-state index < -0.39 is 0 Å². The fourth-order valence-corrected chi connectivity index (χ4v) is 1.46. The molecule has 0 spiro atoms. The highest BCUT2D eigenvalue weighted by molar-refractivity contribution is 5.48. The van der Waals surface area contributed by atoms with Gasteiger partial charge in [0.15, 0.2) is 5.82 Å². The Labute approximate surface area is 92.0 Å². The topological polar surface area (TPSA) is 90.5 Å². The van der Waals surface area contributed by atoms with Crippen molar-refractivity contribution in [1.29, 1.82) is 0 Å². The van der Waals surface area contributed by atoms with Crippen LogP contribution in [0.5, 0.6) is 0 Å². The maximum absolute atomic E-state index is 5.65. The Balaban J connectivity index is 2.06. The molecule has 0 aliphatic heterocycles. The van der Waals surface area contributed by atoms with Gasteiger partial charge in [0.25, 0.3) is 0 Å². The van der Waals surface area contributed by atoms with E-state index in [0.717, 1.165) is 18.7 Å². The summed E-state index contributed by atoms with van der Waals surface area (Å²) in [5, 5.41) is 0. The molecule has 1 fully saturated rings. The smallest absolute Gasteiger partial charge is 0.223 e. The van der Waals surface area contributed by atoms with Crippen molar-refractivity contribution in [2.45, 2.75) is 18.8 Å². The number of anilines is 1. The molecule has 0 radical (unpaired) electrons. The second-order valence-corrected chi connectivity index (χ2v) is 3.74. The van der Waals surface area contributed by atoms with Crippen LogP contribution in [0.2, 0.25) is 0 Å². The standard InChI is InChI=1S/C10H10N6/c11-10-15-8(6-1-2-6)14-9(16-10)7-5-12-3-4-13-7/h3-6H,1-2H2,(H2,11,14,15,16). The number of nitrogens with two attached hydrogens (primary N) is 1. The molecule has 0 amide bonds. The van der Waals surface area contributed by atoms with Crippen molar-refractivity contribution in [2.75, 3.05) is 5.73 Å². The lowest BCUT2D eigenvalue weighted by Gasteiger charge is -2.02. The van der Waals surface area contributed by atoms with Gasteiger partial charge in [0.1, 0.15) is 11.5 Å². The molecule has 6 nitrogen and oxygen atoms in total. The predicted octanol–water partition coefficient (Wildman–Crippen LogP) is 0.788. The molecular formula is C10H10N6. The van der Waals surface area contributed by atoms with Crippen LogP contribution in [0.4, 0.5) is 5.95 Å². The zero-order valence-corrected chi connectivity index (χ0v) is 8.54. The molecule has 2 aromatic rings. The van der Waals surface area contributed by atoms with Crippen LogP contribution in [0.25, 0.3) is 11.5 Å². The zero-order chi connectivity index (χ0) is 11.0. The van der Waals surface area contributed by atoms with Gasteiger partial charge < -0.3 is 5.73 Å². The average Bonchev–Trinajstić information content (AvgIpc) is 3.13. The number of nitrogen functional groups attached to an aromatic ring is 1. The summed E-state index contributed by atoms with van der Waals surface area (Å²) in [7, 11) is 0. The molecule has 1 aliphatic rings. The summed E-state index contributed by atoms with van der Waals surface area (Å²) in [6.45, 7) is 0. The van der Waals surface area contributed by atoms with E-state index in [1.54, 1.807) is 18.6 Å². The fourth-order valence-electron chi connectivity index (χ4n) is 1.46. The number of hydrogen-bond acceptors (Lipinski definition) is 6. The van der Waals surface area contributed by atoms with Gasteiger partial charge in [-0.25, -0.2) is 9.97 Å². The molecule has 0 bridgehead atoms. The minimum Gasteiger partial charge on any atom is -0.368 e. The lowest BCUT2D eigenvalue weighted by atomic mass is 10.3. The van der Waals surface area contributed by atoms with Gasteiger partial charge in [-0.1, -0.05) is 0 Å². The third-order valence-electron chi connectivity index (χ3n) is 2.40. The van der Waals surface area contributed by atoms with Gasteiger partial charge in [0.2, 0.25) is 5.95 Å². The van der Waals surface area contributed by atoms with E-state index >= 15 is 0 Å². The predicted molar refractivity (Wildman–Crippen MR) is 57.2 cm³/mol. The molecule has 0 atom stereocenters. The van der Waals surface area contributed by atoms with E-state index in [2.05, 4.69) is 24.9 Å². The van der Waals surface area contributed by atoms with E-state index in [4.69, 9.17) is 5.73 Å². The third-order valence-corrected chi connectivity index (χ3v) is 2.40. The molecule has 2 heterocycles. The quantitative estimate of drug-likeness (QED) is 0.794. The Hall–Kier alpha value is -2.11. The molecule has 16 heavy (non-hydrogen) atoms. The van der Waals surface area contributed by atoms with Crippen molar-refractivity contribution in [3.63, 3.8) is 0 Å². The highest BCUT2D eigenvalue weighted by atomic mass is 15.1. The Kier molecular flexibility index (Phi) is 1.99. The molecule has 0 unspecified atom stereocenters. The van der Waals surface area contributed by atoms with E-state index in [9.17, 15) is 0 Å². The van der Waals surface area contributed by atoms with Crippen molar-refractivity contribution >= 4 is 5.95 Å². The normalized spacial score (nSPS) is 15.0. The first-order chi connectivity index (χ1) is 7.83. The van der Waals surface area contributed by atoms with Crippen molar-refractivity contribution in [3.05, 3.63) is 24.4 Å². The molecular weight excluding hydrogens is 204 g/mol. The lowest BCUT2D eigenvalue weighted by Crippen LogP contribution is -2.04. The van der Waals surface area contributed by atoms with Crippen LogP contribution < -0.4 is 5.73 Å². The van der Waals surface area contributed by atoms with Gasteiger partial charge in [-0.15, -0.1) is 0 Å². The molecule has 1 aliphatic carbocycles. The van der Waals surface area contributed by atoms with Crippen LogP contribution in [-0.2, 0) is 0 Å². The largest absolute Gasteiger partial charge is 0.368 e. The molecule has 0 aromatic carbocycles. The number of aromatic nitrogens is 5. The van der Waals surface area contributed by atoms with Crippen molar-refractivity contribution in [3.8, 4) is 11.5 Å². The minimum absolute atomic E-state index is 0.248. The van der Waals surface area contributed by atoms with E-state index in [1.807, 2.05) is 0 Å². The van der Waals surface area contributed by atoms with Gasteiger partial charge in [-0.3, -0.25) is 4.98 Å². The molecule has 0 saturated heterocycles. The first-order valence-corrected chi connectivity index (χ1v) is 5.11. The number of rotatable bonds is 2.